The van der Waals surface area contributed by atoms with E-state index in [0.29, 0.717) is 39.1 Å². The number of esters is 1. The van der Waals surface area contributed by atoms with Gasteiger partial charge < -0.3 is 14.0 Å². The molecule has 0 aliphatic rings. The van der Waals surface area contributed by atoms with E-state index in [4.69, 9.17) is 14.0 Å². The van der Waals surface area contributed by atoms with Crippen LogP contribution in [0.3, 0.4) is 0 Å². The van der Waals surface area contributed by atoms with Gasteiger partial charge >= 0.3 is 13.3 Å². The summed E-state index contributed by atoms with van der Waals surface area (Å²) in [7, 11) is -4.67. The maximum Gasteiger partial charge on any atom is 0.344 e. The second kappa shape index (κ2) is 14.6. The van der Waals surface area contributed by atoms with Crippen molar-refractivity contribution < 1.29 is 37.7 Å². The van der Waals surface area contributed by atoms with Gasteiger partial charge in [0.15, 0.2) is 12.4 Å². The van der Waals surface area contributed by atoms with E-state index in [2.05, 4.69) is 0 Å². The van der Waals surface area contributed by atoms with Crippen molar-refractivity contribution >= 4 is 30.2 Å². The number of hydrogen-bond donors (Lipinski definition) is 0. The van der Waals surface area contributed by atoms with Crippen LogP contribution in [0, 0.1) is 41.5 Å². The first-order chi connectivity index (χ1) is 21.8. The van der Waals surface area contributed by atoms with Gasteiger partial charge in [0.1, 0.15) is 12.4 Å². The fourth-order valence-corrected chi connectivity index (χ4v) is 7.55. The zero-order chi connectivity index (χ0) is 33.6. The third-order valence-electron chi connectivity index (χ3n) is 7.45. The van der Waals surface area contributed by atoms with Gasteiger partial charge in [-0.15, -0.1) is 0 Å². The van der Waals surface area contributed by atoms with Gasteiger partial charge in [-0.3, -0.25) is 18.9 Å². The molecule has 46 heavy (non-hydrogen) atoms. The van der Waals surface area contributed by atoms with E-state index >= 15 is 0 Å². The monoisotopic (exact) mass is 640 g/mol. The van der Waals surface area contributed by atoms with E-state index in [1.807, 2.05) is 19.9 Å². The van der Waals surface area contributed by atoms with Gasteiger partial charge in [0.05, 0.1) is 6.61 Å². The summed E-state index contributed by atoms with van der Waals surface area (Å²) in [5.41, 5.74) is 3.76. The van der Waals surface area contributed by atoms with Gasteiger partial charge in [-0.25, -0.2) is 4.79 Å². The average molecular weight is 641 g/mol. The molecule has 0 saturated carbocycles. The predicted molar refractivity (Wildman–Crippen MR) is 176 cm³/mol. The summed E-state index contributed by atoms with van der Waals surface area (Å²) < 4.78 is 30.7. The van der Waals surface area contributed by atoms with E-state index in [1.54, 1.807) is 100 Å². The normalized spacial score (nSPS) is 11.2. The largest absolute Gasteiger partial charge is 0.482 e. The van der Waals surface area contributed by atoms with Crippen LogP contribution in [0.1, 0.15) is 70.0 Å². The van der Waals surface area contributed by atoms with Crippen molar-refractivity contribution in [2.24, 2.45) is 0 Å². The molecule has 0 aromatic heterocycles. The molecule has 238 valence electrons. The lowest BCUT2D eigenvalue weighted by molar-refractivity contribution is -0.146. The molecule has 0 saturated heterocycles. The molecule has 0 heterocycles. The molecule has 8 nitrogen and oxygen atoms in total. The van der Waals surface area contributed by atoms with E-state index in [-0.39, 0.29) is 23.5 Å². The minimum atomic E-state index is -4.67. The Morgan fingerprint density at radius 2 is 1.07 bits per heavy atom. The Labute approximate surface area is 269 Å². The lowest BCUT2D eigenvalue weighted by Gasteiger charge is -2.21. The first kappa shape index (κ1) is 34.2. The van der Waals surface area contributed by atoms with Gasteiger partial charge in [-0.1, -0.05) is 65.7 Å². The zero-order valence-corrected chi connectivity index (χ0v) is 27.7. The van der Waals surface area contributed by atoms with E-state index in [1.165, 1.54) is 0 Å². The molecule has 4 aromatic carbocycles. The Balaban J connectivity index is 1.42. The summed E-state index contributed by atoms with van der Waals surface area (Å²) in [4.78, 5) is 52.8. The van der Waals surface area contributed by atoms with Gasteiger partial charge in [0, 0.05) is 22.3 Å². The van der Waals surface area contributed by atoms with E-state index in [0.717, 1.165) is 11.1 Å². The molecule has 0 spiro atoms. The molecule has 0 N–H and O–H groups in total. The lowest BCUT2D eigenvalue weighted by atomic mass is 10.0. The quantitative estimate of drug-likeness (QED) is 0.0634. The van der Waals surface area contributed by atoms with Crippen LogP contribution in [0.4, 0.5) is 0 Å². The molecule has 0 aliphatic carbocycles. The summed E-state index contributed by atoms with van der Waals surface area (Å²) in [6.07, 6.45) is 0. The first-order valence-electron chi connectivity index (χ1n) is 14.8. The summed E-state index contributed by atoms with van der Waals surface area (Å²) in [6.45, 7) is 9.40. The van der Waals surface area contributed by atoms with Crippen molar-refractivity contribution in [2.45, 2.75) is 41.5 Å². The van der Waals surface area contributed by atoms with Gasteiger partial charge in [-0.2, -0.15) is 0 Å². The summed E-state index contributed by atoms with van der Waals surface area (Å²) in [5, 5.41) is 0. The Kier molecular flexibility index (Phi) is 10.9. The number of hydrogen-bond acceptors (Lipinski definition) is 8. The van der Waals surface area contributed by atoms with Crippen molar-refractivity contribution in [1.82, 2.24) is 0 Å². The van der Waals surface area contributed by atoms with Crippen molar-refractivity contribution in [1.29, 1.82) is 0 Å². The molecule has 9 heteroatoms. The number of ether oxygens (including phenoxy) is 2. The number of ketones is 1. The average Bonchev–Trinajstić information content (AvgIpc) is 3.01. The third kappa shape index (κ3) is 7.76. The van der Waals surface area contributed by atoms with E-state index in [9.17, 15) is 23.7 Å². The molecule has 0 fully saturated rings. The highest BCUT2D eigenvalue weighted by molar-refractivity contribution is 7.91. The van der Waals surface area contributed by atoms with Crippen LogP contribution in [0.25, 0.3) is 0 Å². The number of rotatable bonds is 13. The molecular weight excluding hydrogens is 603 g/mol. The van der Waals surface area contributed by atoms with Crippen molar-refractivity contribution in [3.63, 3.8) is 0 Å². The molecular formula is C37H37O8P. The highest BCUT2D eigenvalue weighted by atomic mass is 31.2. The highest BCUT2D eigenvalue weighted by Crippen LogP contribution is 2.54. The van der Waals surface area contributed by atoms with Crippen LogP contribution < -0.4 is 4.74 Å². The highest BCUT2D eigenvalue weighted by Gasteiger charge is 2.45. The molecule has 4 rings (SSSR count). The summed E-state index contributed by atoms with van der Waals surface area (Å²) in [5.74, 6) is -0.525. The van der Waals surface area contributed by atoms with Crippen LogP contribution in [0.15, 0.2) is 78.9 Å². The summed E-state index contributed by atoms with van der Waals surface area (Å²) >= 11 is 0. The lowest BCUT2D eigenvalue weighted by Crippen LogP contribution is -2.21. The van der Waals surface area contributed by atoms with Crippen LogP contribution in [-0.2, 0) is 18.6 Å². The third-order valence-corrected chi connectivity index (χ3v) is 9.51. The molecule has 0 amide bonds. The van der Waals surface area contributed by atoms with E-state index < -0.39 is 37.6 Å². The Morgan fingerprint density at radius 1 is 0.609 bits per heavy atom. The minimum Gasteiger partial charge on any atom is -0.482 e. The van der Waals surface area contributed by atoms with Gasteiger partial charge in [0.25, 0.3) is 11.0 Å². The van der Waals surface area contributed by atoms with Crippen LogP contribution >= 0.6 is 7.37 Å². The van der Waals surface area contributed by atoms with Crippen molar-refractivity contribution in [3.05, 3.63) is 134 Å². The minimum absolute atomic E-state index is 0.138. The number of benzene rings is 4. The van der Waals surface area contributed by atoms with Crippen LogP contribution in [0.5, 0.6) is 5.75 Å². The van der Waals surface area contributed by atoms with Crippen LogP contribution in [0.2, 0.25) is 0 Å². The number of carbonyl (C=O) groups excluding carboxylic acids is 4. The Hall–Kier alpha value is -4.65. The molecule has 0 atom stereocenters. The number of carbonyl (C=O) groups is 4. The second-order valence-corrected chi connectivity index (χ2v) is 13.4. The SMILES string of the molecule is Cc1cc(C)c(C(=O)P(=O)(OCCOC(=O)COc2ccc(C(=O)c3ccccc3)cc2)C(=O)c2c(C)cc(C)cc2C)c(C)c1. The second-order valence-electron chi connectivity index (χ2n) is 11.3. The topological polar surface area (TPSA) is 113 Å². The predicted octanol–water partition coefficient (Wildman–Crippen LogP) is 7.67. The molecule has 0 unspecified atom stereocenters. The van der Waals surface area contributed by atoms with Crippen molar-refractivity contribution in [2.75, 3.05) is 19.8 Å². The van der Waals surface area contributed by atoms with Gasteiger partial charge in [-0.05, 0) is 88.1 Å². The van der Waals surface area contributed by atoms with Crippen LogP contribution in [-0.4, -0.2) is 42.6 Å². The Bertz CT molecular complexity index is 1720. The standard InChI is InChI=1S/C37H37O8P/c1-23-18-25(3)33(26(4)19-23)36(40)46(42,37(41)34-27(5)20-24(2)21-28(34)6)45-17-16-43-32(38)22-44-31-14-12-30(13-15-31)35(39)29-10-8-7-9-11-29/h7-15,18-21H,16-17,22H2,1-6H3. The maximum atomic E-state index is 14.4. The zero-order valence-electron chi connectivity index (χ0n) is 26.8. The smallest absolute Gasteiger partial charge is 0.344 e. The maximum absolute atomic E-state index is 14.4. The molecule has 0 aliphatic heterocycles. The fraction of sp³-hybridized carbons (Fsp3) is 0.243. The first-order valence-corrected chi connectivity index (χ1v) is 16.4. The Morgan fingerprint density at radius 3 is 1.54 bits per heavy atom. The molecule has 0 bridgehead atoms. The summed E-state index contributed by atoms with van der Waals surface area (Å²) in [6, 6.07) is 22.4. The van der Waals surface area contributed by atoms with Gasteiger partial charge in [0.2, 0.25) is 0 Å². The molecule has 4 aromatic rings. The number of aryl methyl sites for hydroxylation is 6. The molecule has 0 radical (unpaired) electrons. The van der Waals surface area contributed by atoms with Crippen molar-refractivity contribution in [3.8, 4) is 5.75 Å². The fourth-order valence-electron chi connectivity index (χ4n) is 5.50.